The van der Waals surface area contributed by atoms with Gasteiger partial charge >= 0.3 is 0 Å². The molecule has 0 saturated carbocycles. The van der Waals surface area contributed by atoms with Crippen molar-refractivity contribution in [2.45, 2.75) is 6.61 Å². The van der Waals surface area contributed by atoms with E-state index in [1.165, 1.54) is 4.88 Å². The lowest BCUT2D eigenvalue weighted by molar-refractivity contribution is 0.310. The highest BCUT2D eigenvalue weighted by Crippen LogP contribution is 2.28. The Hall–Kier alpha value is -2.15. The minimum absolute atomic E-state index is 0. The Morgan fingerprint density at radius 2 is 1.83 bits per heavy atom. The predicted molar refractivity (Wildman–Crippen MR) is 103 cm³/mol. The zero-order chi connectivity index (χ0) is 15.5. The molecule has 1 aromatic carbocycles. The summed E-state index contributed by atoms with van der Waals surface area (Å²) in [6.45, 7) is 0.603. The number of fused-ring (bicyclic) bond motifs is 1. The van der Waals surface area contributed by atoms with Crippen LogP contribution < -0.4 is 10.1 Å². The first kappa shape index (κ1) is 16.7. The molecule has 3 heterocycles. The average Bonchev–Trinajstić information content (AvgIpc) is 3.26. The molecule has 0 fully saturated rings. The van der Waals surface area contributed by atoms with Crippen molar-refractivity contribution < 1.29 is 4.74 Å². The van der Waals surface area contributed by atoms with Crippen molar-refractivity contribution in [2.24, 2.45) is 0 Å². The van der Waals surface area contributed by atoms with E-state index in [9.17, 15) is 0 Å². The van der Waals surface area contributed by atoms with Gasteiger partial charge in [-0.15, -0.1) is 35.1 Å². The van der Waals surface area contributed by atoms with Gasteiger partial charge in [-0.1, -0.05) is 6.07 Å². The van der Waals surface area contributed by atoms with Crippen molar-refractivity contribution in [3.63, 3.8) is 0 Å². The Morgan fingerprint density at radius 1 is 0.958 bits per heavy atom. The molecule has 4 nitrogen and oxygen atoms in total. The normalized spacial score (nSPS) is 10.3. The third-order valence-corrected chi connectivity index (χ3v) is 5.08. The molecular weight excluding hydrogens is 362 g/mol. The summed E-state index contributed by atoms with van der Waals surface area (Å²) in [5.41, 5.74) is 1.94. The maximum absolute atomic E-state index is 5.77. The maximum Gasteiger partial charge on any atom is 0.151 e. The van der Waals surface area contributed by atoms with Gasteiger partial charge in [0, 0.05) is 10.6 Å². The molecule has 4 aromatic rings. The van der Waals surface area contributed by atoms with Crippen molar-refractivity contribution in [3.05, 3.63) is 64.4 Å². The smallest absolute Gasteiger partial charge is 0.151 e. The molecule has 0 aliphatic carbocycles. The van der Waals surface area contributed by atoms with E-state index in [0.717, 1.165) is 27.5 Å². The van der Waals surface area contributed by atoms with Gasteiger partial charge in [-0.3, -0.25) is 0 Å². The molecule has 0 aliphatic heterocycles. The van der Waals surface area contributed by atoms with Crippen LogP contribution in [0.15, 0.2) is 59.6 Å². The Labute approximate surface area is 153 Å². The van der Waals surface area contributed by atoms with Crippen LogP contribution in [-0.2, 0) is 6.61 Å². The summed E-state index contributed by atoms with van der Waals surface area (Å²) in [5.74, 6) is 1.69. The van der Waals surface area contributed by atoms with Crippen LogP contribution in [0.25, 0.3) is 10.2 Å². The molecule has 122 valence electrons. The van der Waals surface area contributed by atoms with Gasteiger partial charge in [0.15, 0.2) is 5.82 Å². The molecule has 0 aliphatic rings. The fourth-order valence-corrected chi connectivity index (χ4v) is 3.60. The summed E-state index contributed by atoms with van der Waals surface area (Å²) in [6, 6.07) is 14.0. The largest absolute Gasteiger partial charge is 0.488 e. The van der Waals surface area contributed by atoms with Crippen LogP contribution in [0.1, 0.15) is 4.88 Å². The van der Waals surface area contributed by atoms with Gasteiger partial charge in [-0.05, 0) is 47.2 Å². The van der Waals surface area contributed by atoms with Crippen LogP contribution in [0.4, 0.5) is 11.5 Å². The summed E-state index contributed by atoms with van der Waals surface area (Å²) in [5, 5.41) is 7.41. The first-order valence-electron chi connectivity index (χ1n) is 7.09. The fraction of sp³-hybridized carbons (Fsp3) is 0.0588. The second kappa shape index (κ2) is 7.61. The molecule has 0 bridgehead atoms. The zero-order valence-corrected chi connectivity index (χ0v) is 15.0. The topological polar surface area (TPSA) is 47.0 Å². The SMILES string of the molecule is Cl.c1csc(COc2ccc(Nc3ncnc4ccsc34)cc2)c1. The van der Waals surface area contributed by atoms with Crippen molar-refractivity contribution in [3.8, 4) is 5.75 Å². The lowest BCUT2D eigenvalue weighted by Gasteiger charge is -2.08. The summed E-state index contributed by atoms with van der Waals surface area (Å²) in [4.78, 5) is 9.79. The highest BCUT2D eigenvalue weighted by atomic mass is 35.5. The number of nitrogens with zero attached hydrogens (tertiary/aromatic N) is 2. The maximum atomic E-state index is 5.77. The molecule has 3 aromatic heterocycles. The molecule has 0 amide bonds. The number of benzene rings is 1. The molecule has 4 rings (SSSR count). The van der Waals surface area contributed by atoms with Crippen LogP contribution in [0.2, 0.25) is 0 Å². The highest BCUT2D eigenvalue weighted by Gasteiger charge is 2.05. The van der Waals surface area contributed by atoms with Gasteiger partial charge in [-0.2, -0.15) is 0 Å². The van der Waals surface area contributed by atoms with Crippen molar-refractivity contribution in [1.29, 1.82) is 0 Å². The summed E-state index contributed by atoms with van der Waals surface area (Å²) < 4.78 is 6.83. The summed E-state index contributed by atoms with van der Waals surface area (Å²) in [6.07, 6.45) is 1.58. The minimum atomic E-state index is 0. The van der Waals surface area contributed by atoms with Gasteiger partial charge in [0.1, 0.15) is 18.7 Å². The lowest BCUT2D eigenvalue weighted by Crippen LogP contribution is -1.95. The van der Waals surface area contributed by atoms with E-state index >= 15 is 0 Å². The number of nitrogens with one attached hydrogen (secondary N) is 1. The zero-order valence-electron chi connectivity index (χ0n) is 12.5. The first-order valence-corrected chi connectivity index (χ1v) is 8.85. The Bertz CT molecular complexity index is 907. The number of aromatic nitrogens is 2. The number of anilines is 2. The third-order valence-electron chi connectivity index (χ3n) is 3.32. The van der Waals surface area contributed by atoms with E-state index in [1.807, 2.05) is 41.8 Å². The quantitative estimate of drug-likeness (QED) is 0.500. The lowest BCUT2D eigenvalue weighted by atomic mass is 10.3. The van der Waals surface area contributed by atoms with E-state index in [1.54, 1.807) is 29.0 Å². The first-order chi connectivity index (χ1) is 11.4. The van der Waals surface area contributed by atoms with Gasteiger partial charge in [0.05, 0.1) is 10.2 Å². The van der Waals surface area contributed by atoms with Crippen LogP contribution in [-0.4, -0.2) is 9.97 Å². The van der Waals surface area contributed by atoms with Crippen LogP contribution in [0.5, 0.6) is 5.75 Å². The van der Waals surface area contributed by atoms with E-state index in [2.05, 4.69) is 26.7 Å². The number of halogens is 1. The third kappa shape index (κ3) is 3.67. The van der Waals surface area contributed by atoms with Gasteiger partial charge in [0.25, 0.3) is 0 Å². The van der Waals surface area contributed by atoms with Crippen molar-refractivity contribution in [2.75, 3.05) is 5.32 Å². The molecule has 0 unspecified atom stereocenters. The molecule has 0 radical (unpaired) electrons. The molecule has 0 atom stereocenters. The molecule has 0 spiro atoms. The van der Waals surface area contributed by atoms with Gasteiger partial charge in [-0.25, -0.2) is 9.97 Å². The summed E-state index contributed by atoms with van der Waals surface area (Å²) >= 11 is 3.33. The standard InChI is InChI=1S/C17H13N3OS2.ClH/c1-2-14(22-8-1)10-21-13-5-3-12(4-6-13)20-17-16-15(7-9-23-16)18-11-19-17;/h1-9,11H,10H2,(H,18,19,20);1H. The van der Waals surface area contributed by atoms with E-state index in [4.69, 9.17) is 4.74 Å². The fourth-order valence-electron chi connectivity index (χ4n) is 2.20. The van der Waals surface area contributed by atoms with Gasteiger partial charge < -0.3 is 10.1 Å². The Kier molecular flexibility index (Phi) is 5.30. The number of rotatable bonds is 5. The number of hydrogen-bond donors (Lipinski definition) is 1. The van der Waals surface area contributed by atoms with Crippen LogP contribution in [0, 0.1) is 0 Å². The number of hydrogen-bond acceptors (Lipinski definition) is 6. The molecule has 0 saturated heterocycles. The summed E-state index contributed by atoms with van der Waals surface area (Å²) in [7, 11) is 0. The highest BCUT2D eigenvalue weighted by molar-refractivity contribution is 7.17. The molecule has 1 N–H and O–H groups in total. The van der Waals surface area contributed by atoms with E-state index in [-0.39, 0.29) is 12.4 Å². The average molecular weight is 376 g/mol. The van der Waals surface area contributed by atoms with Gasteiger partial charge in [0.2, 0.25) is 0 Å². The number of ether oxygens (including phenoxy) is 1. The predicted octanol–water partition coefficient (Wildman–Crippen LogP) is 5.50. The monoisotopic (exact) mass is 375 g/mol. The van der Waals surface area contributed by atoms with E-state index in [0.29, 0.717) is 6.61 Å². The Morgan fingerprint density at radius 3 is 2.62 bits per heavy atom. The van der Waals surface area contributed by atoms with Crippen molar-refractivity contribution >= 4 is 56.8 Å². The molecule has 7 heteroatoms. The second-order valence-corrected chi connectivity index (χ2v) is 6.82. The Balaban J connectivity index is 0.00000169. The van der Waals surface area contributed by atoms with Crippen LogP contribution in [0.3, 0.4) is 0 Å². The minimum Gasteiger partial charge on any atom is -0.488 e. The van der Waals surface area contributed by atoms with Crippen molar-refractivity contribution in [1.82, 2.24) is 9.97 Å². The number of thiophene rings is 2. The molecule has 24 heavy (non-hydrogen) atoms. The van der Waals surface area contributed by atoms with Crippen LogP contribution >= 0.6 is 35.1 Å². The van der Waals surface area contributed by atoms with E-state index < -0.39 is 0 Å². The molecular formula is C17H14ClN3OS2. The second-order valence-electron chi connectivity index (χ2n) is 4.87.